The van der Waals surface area contributed by atoms with Gasteiger partial charge in [0.15, 0.2) is 0 Å². The highest BCUT2D eigenvalue weighted by molar-refractivity contribution is 7.85. The molecule has 1 aromatic carbocycles. The minimum absolute atomic E-state index is 0.157. The van der Waals surface area contributed by atoms with Gasteiger partial charge in [-0.3, -0.25) is 0 Å². The molecule has 4 heteroatoms. The van der Waals surface area contributed by atoms with Crippen LogP contribution in [-0.4, -0.2) is 8.42 Å². The van der Waals surface area contributed by atoms with Gasteiger partial charge in [-0.1, -0.05) is 28.8 Å². The number of benzene rings is 1. The van der Waals surface area contributed by atoms with Gasteiger partial charge in [0.25, 0.3) is 0 Å². The highest BCUT2D eigenvalue weighted by Crippen LogP contribution is 2.15. The summed E-state index contributed by atoms with van der Waals surface area (Å²) in [6.07, 6.45) is 1.95. The van der Waals surface area contributed by atoms with Crippen LogP contribution in [0, 0.1) is 0 Å². The second kappa shape index (κ2) is 3.72. The summed E-state index contributed by atoms with van der Waals surface area (Å²) < 4.78 is 32.2. The molecule has 0 aliphatic rings. The summed E-state index contributed by atoms with van der Waals surface area (Å²) in [5.41, 5.74) is 0.493. The Morgan fingerprint density at radius 2 is 1.92 bits per heavy atom. The van der Waals surface area contributed by atoms with Gasteiger partial charge in [0.05, 0.1) is 4.90 Å². The molecule has 0 atom stereocenters. The fourth-order valence-corrected chi connectivity index (χ4v) is 1.79. The van der Waals surface area contributed by atoms with Crippen LogP contribution in [-0.2, 0) is 21.1 Å². The van der Waals surface area contributed by atoms with Crippen molar-refractivity contribution in [2.75, 3.05) is 0 Å². The fourth-order valence-electron chi connectivity index (χ4n) is 1.07. The van der Waals surface area contributed by atoms with Crippen LogP contribution in [0.25, 0.3) is 0 Å². The molecule has 1 rings (SSSR count). The van der Waals surface area contributed by atoms with Gasteiger partial charge in [-0.25, -0.2) is 0 Å². The average molecular weight is 197 g/mol. The van der Waals surface area contributed by atoms with E-state index in [4.69, 9.17) is 0 Å². The molecule has 0 amide bonds. The van der Waals surface area contributed by atoms with Crippen molar-refractivity contribution in [2.45, 2.75) is 11.3 Å². The number of rotatable bonds is 3. The van der Waals surface area contributed by atoms with E-state index in [2.05, 4.69) is 6.58 Å². The maximum absolute atomic E-state index is 10.7. The minimum Gasteiger partial charge on any atom is -0.192 e. The van der Waals surface area contributed by atoms with Crippen LogP contribution < -0.4 is 0 Å². The van der Waals surface area contributed by atoms with Gasteiger partial charge in [-0.2, -0.15) is 8.42 Å². The Kier molecular flexibility index (Phi) is 2.85. The Labute approximate surface area is 77.5 Å². The van der Waals surface area contributed by atoms with Crippen molar-refractivity contribution in [3.8, 4) is 0 Å². The quantitative estimate of drug-likeness (QED) is 0.690. The molecule has 0 N–H and O–H groups in total. The van der Waals surface area contributed by atoms with Crippen molar-refractivity contribution in [1.29, 1.82) is 0 Å². The summed E-state index contributed by atoms with van der Waals surface area (Å²) in [5.74, 6) is 0. The van der Waals surface area contributed by atoms with E-state index < -0.39 is 10.1 Å². The van der Waals surface area contributed by atoms with Crippen LogP contribution in [0.2, 0.25) is 0 Å². The molecular formula is C9H9O3S. The van der Waals surface area contributed by atoms with Crippen molar-refractivity contribution in [3.05, 3.63) is 42.5 Å². The Bertz CT molecular complexity index is 407. The van der Waals surface area contributed by atoms with Crippen molar-refractivity contribution < 1.29 is 13.0 Å². The van der Waals surface area contributed by atoms with Crippen molar-refractivity contribution in [1.82, 2.24) is 0 Å². The van der Waals surface area contributed by atoms with Crippen LogP contribution in [0.4, 0.5) is 0 Å². The first-order chi connectivity index (χ1) is 6.05. The molecule has 0 heterocycles. The van der Waals surface area contributed by atoms with Gasteiger partial charge in [-0.15, -0.1) is 6.58 Å². The predicted octanol–water partition coefficient (Wildman–Crippen LogP) is 1.53. The first kappa shape index (κ1) is 9.95. The lowest BCUT2D eigenvalue weighted by Gasteiger charge is -2.01. The molecule has 0 fully saturated rings. The molecule has 0 aromatic heterocycles. The lowest BCUT2D eigenvalue weighted by molar-refractivity contribution is 0.413. The van der Waals surface area contributed by atoms with E-state index in [0.29, 0.717) is 12.0 Å². The van der Waals surface area contributed by atoms with E-state index in [1.807, 2.05) is 0 Å². The lowest BCUT2D eigenvalue weighted by Crippen LogP contribution is -2.00. The zero-order valence-corrected chi connectivity index (χ0v) is 7.75. The second-order valence-electron chi connectivity index (χ2n) is 2.55. The van der Waals surface area contributed by atoms with Crippen molar-refractivity contribution >= 4 is 10.1 Å². The molecule has 3 nitrogen and oxygen atoms in total. The van der Waals surface area contributed by atoms with Crippen LogP contribution in [0.1, 0.15) is 5.56 Å². The fraction of sp³-hybridized carbons (Fsp3) is 0.111. The molecule has 69 valence electrons. The second-order valence-corrected chi connectivity index (χ2v) is 3.90. The molecule has 0 aliphatic heterocycles. The summed E-state index contributed by atoms with van der Waals surface area (Å²) in [6.45, 7) is 3.48. The molecule has 0 spiro atoms. The monoisotopic (exact) mass is 197 g/mol. The van der Waals surface area contributed by atoms with Gasteiger partial charge in [0.1, 0.15) is 0 Å². The zero-order chi connectivity index (χ0) is 9.90. The first-order valence-electron chi connectivity index (χ1n) is 3.70. The highest BCUT2D eigenvalue weighted by atomic mass is 32.2. The summed E-state index contributed by atoms with van der Waals surface area (Å²) in [4.78, 5) is -0.157. The third kappa shape index (κ3) is 2.40. The lowest BCUT2D eigenvalue weighted by atomic mass is 10.1. The van der Waals surface area contributed by atoms with Gasteiger partial charge in [-0.05, 0) is 18.1 Å². The topological polar surface area (TPSA) is 54.0 Å². The Morgan fingerprint density at radius 3 is 2.46 bits per heavy atom. The summed E-state index contributed by atoms with van der Waals surface area (Å²) in [7, 11) is -4.35. The summed E-state index contributed by atoms with van der Waals surface area (Å²) in [5, 5.41) is 0. The van der Waals surface area contributed by atoms with E-state index in [-0.39, 0.29) is 4.90 Å². The smallest absolute Gasteiger partial charge is 0.192 e. The Morgan fingerprint density at radius 1 is 1.31 bits per heavy atom. The van der Waals surface area contributed by atoms with E-state index >= 15 is 0 Å². The van der Waals surface area contributed by atoms with Crippen molar-refractivity contribution in [3.63, 3.8) is 0 Å². The SMILES string of the molecule is C=CCc1ccccc1S([O])(=O)=O. The maximum Gasteiger partial charge on any atom is 0.324 e. The van der Waals surface area contributed by atoms with Gasteiger partial charge >= 0.3 is 10.1 Å². The Balaban J connectivity index is 3.28. The van der Waals surface area contributed by atoms with Crippen molar-refractivity contribution in [2.24, 2.45) is 0 Å². The third-order valence-electron chi connectivity index (χ3n) is 1.61. The molecular weight excluding hydrogens is 188 g/mol. The van der Waals surface area contributed by atoms with Gasteiger partial charge < -0.3 is 0 Å². The molecule has 0 bridgehead atoms. The normalized spacial score (nSPS) is 11.2. The van der Waals surface area contributed by atoms with Crippen LogP contribution >= 0.6 is 0 Å². The highest BCUT2D eigenvalue weighted by Gasteiger charge is 2.14. The minimum atomic E-state index is -4.35. The number of hydrogen-bond donors (Lipinski definition) is 0. The van der Waals surface area contributed by atoms with Crippen LogP contribution in [0.15, 0.2) is 41.8 Å². The van der Waals surface area contributed by atoms with Gasteiger partial charge in [0.2, 0.25) is 0 Å². The van der Waals surface area contributed by atoms with Gasteiger partial charge in [0, 0.05) is 0 Å². The van der Waals surface area contributed by atoms with Crippen LogP contribution in [0.3, 0.4) is 0 Å². The predicted molar refractivity (Wildman–Crippen MR) is 48.2 cm³/mol. The molecule has 1 aromatic rings. The Hall–Kier alpha value is -1.13. The third-order valence-corrected chi connectivity index (χ3v) is 2.54. The molecule has 0 saturated carbocycles. The summed E-state index contributed by atoms with van der Waals surface area (Å²) in [6, 6.07) is 6.12. The van der Waals surface area contributed by atoms with E-state index in [0.717, 1.165) is 0 Å². The van der Waals surface area contributed by atoms with E-state index in [1.54, 1.807) is 18.2 Å². The number of hydrogen-bond acceptors (Lipinski definition) is 2. The molecule has 0 unspecified atom stereocenters. The molecule has 0 saturated heterocycles. The summed E-state index contributed by atoms with van der Waals surface area (Å²) >= 11 is 0. The molecule has 0 aliphatic carbocycles. The standard InChI is InChI=1S/C9H9O3S/c1-2-5-8-6-3-4-7-9(8)13(10,11)12/h2-4,6-7H,1,5H2. The zero-order valence-electron chi connectivity index (χ0n) is 6.93. The molecule has 1 radical (unpaired) electrons. The van der Waals surface area contributed by atoms with E-state index in [1.165, 1.54) is 12.1 Å². The first-order valence-corrected chi connectivity index (χ1v) is 5.11. The average Bonchev–Trinajstić information content (AvgIpc) is 2.04. The number of allylic oxidation sites excluding steroid dienone is 1. The van der Waals surface area contributed by atoms with Crippen LogP contribution in [0.5, 0.6) is 0 Å². The largest absolute Gasteiger partial charge is 0.324 e. The maximum atomic E-state index is 10.7. The van der Waals surface area contributed by atoms with E-state index in [9.17, 15) is 13.0 Å². The molecule has 13 heavy (non-hydrogen) atoms.